The Balaban J connectivity index is 1.22. The Morgan fingerprint density at radius 1 is 0.356 bits per heavy atom. The van der Waals surface area contributed by atoms with Crippen LogP contribution in [-0.4, -0.2) is 9.13 Å². The molecule has 10 rings (SSSR count). The summed E-state index contributed by atoms with van der Waals surface area (Å²) in [5, 5.41) is 7.80. The van der Waals surface area contributed by atoms with Crippen LogP contribution >= 0.6 is 11.3 Å². The van der Waals surface area contributed by atoms with E-state index in [9.17, 15) is 0 Å². The molecule has 0 aliphatic carbocycles. The molecule has 3 heteroatoms. The zero-order chi connectivity index (χ0) is 29.5. The maximum Gasteiger partial charge on any atom is 0.0634 e. The standard InChI is InChI=1S/C42H26N2S/c1-2-11-28(12-3-1)43-36-18-8-5-14-33(36)40-30(16-10-19-37(40)43)27-21-23-29(24-22-27)44-35-17-7-4-13-31(35)32-25-26-39-41(42(32)44)34-15-6-9-20-38(34)45-39/h1-26H. The van der Waals surface area contributed by atoms with Crippen molar-refractivity contribution >= 4 is 75.1 Å². The van der Waals surface area contributed by atoms with Gasteiger partial charge in [-0.05, 0) is 65.7 Å². The molecule has 0 fully saturated rings. The Labute approximate surface area is 263 Å². The molecule has 45 heavy (non-hydrogen) atoms. The molecule has 3 heterocycles. The number of fused-ring (bicyclic) bond motifs is 10. The lowest BCUT2D eigenvalue weighted by Gasteiger charge is -2.11. The van der Waals surface area contributed by atoms with Crippen molar-refractivity contribution in [2.24, 2.45) is 0 Å². The van der Waals surface area contributed by atoms with Gasteiger partial charge in [0.05, 0.1) is 22.1 Å². The van der Waals surface area contributed by atoms with E-state index in [1.807, 2.05) is 11.3 Å². The second-order valence-electron chi connectivity index (χ2n) is 11.7. The number of hydrogen-bond acceptors (Lipinski definition) is 1. The highest BCUT2D eigenvalue weighted by molar-refractivity contribution is 7.26. The molecule has 0 bridgehead atoms. The molecule has 0 saturated heterocycles. The van der Waals surface area contributed by atoms with Gasteiger partial charge in [0.1, 0.15) is 0 Å². The maximum absolute atomic E-state index is 2.47. The van der Waals surface area contributed by atoms with E-state index >= 15 is 0 Å². The van der Waals surface area contributed by atoms with Gasteiger partial charge in [-0.2, -0.15) is 0 Å². The number of para-hydroxylation sites is 3. The van der Waals surface area contributed by atoms with Gasteiger partial charge >= 0.3 is 0 Å². The molecule has 7 aromatic carbocycles. The monoisotopic (exact) mass is 590 g/mol. The van der Waals surface area contributed by atoms with Crippen LogP contribution in [0, 0.1) is 0 Å². The number of thiophene rings is 1. The fourth-order valence-electron chi connectivity index (χ4n) is 7.44. The number of nitrogens with zero attached hydrogens (tertiary/aromatic N) is 2. The molecule has 3 aromatic heterocycles. The summed E-state index contributed by atoms with van der Waals surface area (Å²) in [4.78, 5) is 0. The van der Waals surface area contributed by atoms with Gasteiger partial charge in [-0.1, -0.05) is 103 Å². The Bertz CT molecular complexity index is 2740. The molecule has 210 valence electrons. The van der Waals surface area contributed by atoms with Gasteiger partial charge in [-0.15, -0.1) is 11.3 Å². The van der Waals surface area contributed by atoms with Gasteiger partial charge in [-0.25, -0.2) is 0 Å². The molecule has 0 aliphatic rings. The molecule has 0 amide bonds. The van der Waals surface area contributed by atoms with Crippen LogP contribution in [0.4, 0.5) is 0 Å². The van der Waals surface area contributed by atoms with Crippen molar-refractivity contribution in [2.75, 3.05) is 0 Å². The van der Waals surface area contributed by atoms with Gasteiger partial charge in [0.25, 0.3) is 0 Å². The fourth-order valence-corrected chi connectivity index (χ4v) is 8.55. The normalized spacial score (nSPS) is 12.0. The van der Waals surface area contributed by atoms with Crippen molar-refractivity contribution in [2.45, 2.75) is 0 Å². The summed E-state index contributed by atoms with van der Waals surface area (Å²) >= 11 is 1.88. The van der Waals surface area contributed by atoms with Gasteiger partial charge < -0.3 is 9.13 Å². The first kappa shape index (κ1) is 24.8. The second kappa shape index (κ2) is 9.43. The Morgan fingerprint density at radius 3 is 1.82 bits per heavy atom. The van der Waals surface area contributed by atoms with Crippen molar-refractivity contribution in [1.82, 2.24) is 9.13 Å². The van der Waals surface area contributed by atoms with Crippen LogP contribution in [-0.2, 0) is 0 Å². The summed E-state index contributed by atoms with van der Waals surface area (Å²) < 4.78 is 7.51. The molecule has 0 radical (unpaired) electrons. The van der Waals surface area contributed by atoms with Gasteiger partial charge in [0.15, 0.2) is 0 Å². The zero-order valence-electron chi connectivity index (χ0n) is 24.3. The summed E-state index contributed by atoms with van der Waals surface area (Å²) in [6, 6.07) is 57.5. The molecular weight excluding hydrogens is 565 g/mol. The average molecular weight is 591 g/mol. The lowest BCUT2D eigenvalue weighted by Crippen LogP contribution is -1.94. The molecule has 0 saturated carbocycles. The SMILES string of the molecule is c1ccc(-n2c3ccccc3c3c(-c4ccc(-n5c6ccccc6c6ccc7sc8ccccc8c7c65)cc4)cccc32)cc1. The van der Waals surface area contributed by atoms with E-state index in [0.29, 0.717) is 0 Å². The highest BCUT2D eigenvalue weighted by atomic mass is 32.1. The topological polar surface area (TPSA) is 9.86 Å². The summed E-state index contributed by atoms with van der Waals surface area (Å²) in [6.07, 6.45) is 0. The van der Waals surface area contributed by atoms with Gasteiger partial charge in [0, 0.05) is 53.1 Å². The van der Waals surface area contributed by atoms with Crippen molar-refractivity contribution in [1.29, 1.82) is 0 Å². The van der Waals surface area contributed by atoms with Gasteiger partial charge in [0.2, 0.25) is 0 Å². The number of hydrogen-bond donors (Lipinski definition) is 0. The van der Waals surface area contributed by atoms with Crippen LogP contribution in [0.3, 0.4) is 0 Å². The third-order valence-electron chi connectivity index (χ3n) is 9.32. The Morgan fingerprint density at radius 2 is 1.00 bits per heavy atom. The van der Waals surface area contributed by atoms with E-state index < -0.39 is 0 Å². The summed E-state index contributed by atoms with van der Waals surface area (Å²) in [5.41, 5.74) is 9.77. The van der Waals surface area contributed by atoms with E-state index in [2.05, 4.69) is 167 Å². The number of benzene rings is 7. The van der Waals surface area contributed by atoms with Crippen LogP contribution in [0.2, 0.25) is 0 Å². The molecule has 0 aliphatic heterocycles. The van der Waals surface area contributed by atoms with Crippen molar-refractivity contribution in [3.05, 3.63) is 158 Å². The summed E-state index contributed by atoms with van der Waals surface area (Å²) in [6.45, 7) is 0. The van der Waals surface area contributed by atoms with E-state index in [4.69, 9.17) is 0 Å². The molecular formula is C42H26N2S. The third kappa shape index (κ3) is 3.50. The molecule has 0 atom stereocenters. The zero-order valence-corrected chi connectivity index (χ0v) is 25.1. The summed E-state index contributed by atoms with van der Waals surface area (Å²) in [7, 11) is 0. The van der Waals surface area contributed by atoms with Crippen LogP contribution in [0.15, 0.2) is 158 Å². The smallest absolute Gasteiger partial charge is 0.0634 e. The average Bonchev–Trinajstić information content (AvgIpc) is 3.76. The lowest BCUT2D eigenvalue weighted by atomic mass is 9.99. The lowest BCUT2D eigenvalue weighted by molar-refractivity contribution is 1.18. The molecule has 2 nitrogen and oxygen atoms in total. The Hall–Kier alpha value is -5.64. The second-order valence-corrected chi connectivity index (χ2v) is 12.8. The predicted molar refractivity (Wildman–Crippen MR) is 193 cm³/mol. The van der Waals surface area contributed by atoms with Gasteiger partial charge in [-0.3, -0.25) is 0 Å². The Kier molecular flexibility index (Phi) is 5.19. The number of rotatable bonds is 3. The van der Waals surface area contributed by atoms with Crippen LogP contribution in [0.5, 0.6) is 0 Å². The van der Waals surface area contributed by atoms with E-state index in [1.165, 1.54) is 86.3 Å². The first-order chi connectivity index (χ1) is 22.3. The molecule has 10 aromatic rings. The number of aromatic nitrogens is 2. The van der Waals surface area contributed by atoms with Crippen LogP contribution in [0.1, 0.15) is 0 Å². The van der Waals surface area contributed by atoms with Crippen molar-refractivity contribution in [3.8, 4) is 22.5 Å². The first-order valence-electron chi connectivity index (χ1n) is 15.4. The predicted octanol–water partition coefficient (Wildman–Crippen LogP) is 11.9. The van der Waals surface area contributed by atoms with E-state index in [1.54, 1.807) is 0 Å². The minimum absolute atomic E-state index is 1.17. The van der Waals surface area contributed by atoms with E-state index in [0.717, 1.165) is 0 Å². The maximum atomic E-state index is 2.47. The first-order valence-corrected chi connectivity index (χ1v) is 16.2. The highest BCUT2D eigenvalue weighted by Crippen LogP contribution is 2.43. The highest BCUT2D eigenvalue weighted by Gasteiger charge is 2.19. The molecule has 0 spiro atoms. The minimum Gasteiger partial charge on any atom is -0.309 e. The summed E-state index contributed by atoms with van der Waals surface area (Å²) in [5.74, 6) is 0. The fraction of sp³-hybridized carbons (Fsp3) is 0. The minimum atomic E-state index is 1.17. The largest absolute Gasteiger partial charge is 0.309 e. The molecule has 0 N–H and O–H groups in total. The third-order valence-corrected chi connectivity index (χ3v) is 10.5. The quantitative estimate of drug-likeness (QED) is 0.194. The van der Waals surface area contributed by atoms with Crippen molar-refractivity contribution < 1.29 is 0 Å². The van der Waals surface area contributed by atoms with Crippen LogP contribution < -0.4 is 0 Å². The molecule has 0 unspecified atom stereocenters. The van der Waals surface area contributed by atoms with Crippen molar-refractivity contribution in [3.63, 3.8) is 0 Å². The van der Waals surface area contributed by atoms with E-state index in [-0.39, 0.29) is 0 Å². The van der Waals surface area contributed by atoms with Crippen LogP contribution in [0.25, 0.3) is 86.3 Å².